The third-order valence-corrected chi connectivity index (χ3v) is 2.77. The van der Waals surface area contributed by atoms with E-state index in [-0.39, 0.29) is 0 Å². The number of benzene rings is 1. The molecule has 0 aliphatic carbocycles. The molecular formula is C13H17NO. The van der Waals surface area contributed by atoms with Crippen molar-refractivity contribution in [2.75, 3.05) is 0 Å². The fourth-order valence-corrected chi connectivity index (χ4v) is 1.94. The number of hydrogen-bond donors (Lipinski definition) is 1. The molecule has 0 saturated heterocycles. The number of fused-ring (bicyclic) bond motifs is 1. The second kappa shape index (κ2) is 4.39. The fourth-order valence-electron chi connectivity index (χ4n) is 1.94. The topological polar surface area (TPSA) is 25.2 Å². The molecule has 0 saturated carbocycles. The molecule has 0 unspecified atom stereocenters. The summed E-state index contributed by atoms with van der Waals surface area (Å²) in [4.78, 5) is 0. The molecule has 1 N–H and O–H groups in total. The molecule has 0 bridgehead atoms. The molecule has 2 heteroatoms. The number of nitrogens with zero attached hydrogens (tertiary/aromatic N) is 1. The molecule has 15 heavy (non-hydrogen) atoms. The van der Waals surface area contributed by atoms with Crippen molar-refractivity contribution >= 4 is 10.9 Å². The molecule has 2 nitrogen and oxygen atoms in total. The van der Waals surface area contributed by atoms with E-state index in [2.05, 4.69) is 17.6 Å². The zero-order valence-electron chi connectivity index (χ0n) is 9.11. The molecule has 1 aromatic carbocycles. The van der Waals surface area contributed by atoms with Gasteiger partial charge in [-0.15, -0.1) is 0 Å². The van der Waals surface area contributed by atoms with Crippen molar-refractivity contribution < 1.29 is 5.11 Å². The zero-order valence-corrected chi connectivity index (χ0v) is 9.11. The van der Waals surface area contributed by atoms with Crippen LogP contribution in [0, 0.1) is 0 Å². The Labute approximate surface area is 90.2 Å². The molecule has 0 radical (unpaired) electrons. The van der Waals surface area contributed by atoms with Crippen molar-refractivity contribution in [1.82, 2.24) is 4.57 Å². The third kappa shape index (κ3) is 1.99. The van der Waals surface area contributed by atoms with Gasteiger partial charge in [-0.1, -0.05) is 31.9 Å². The van der Waals surface area contributed by atoms with Gasteiger partial charge in [0.05, 0.1) is 5.52 Å². The van der Waals surface area contributed by atoms with Crippen molar-refractivity contribution in [2.45, 2.75) is 32.7 Å². The Balaban J connectivity index is 2.27. The summed E-state index contributed by atoms with van der Waals surface area (Å²) in [6.07, 6.45) is 5.48. The molecular weight excluding hydrogens is 186 g/mol. The smallest absolute Gasteiger partial charge is 0.141 e. The van der Waals surface area contributed by atoms with Gasteiger partial charge in [0.1, 0.15) is 5.75 Å². The lowest BCUT2D eigenvalue weighted by Crippen LogP contribution is -1.95. The number of rotatable bonds is 4. The summed E-state index contributed by atoms with van der Waals surface area (Å²) in [5.41, 5.74) is 1.13. The quantitative estimate of drug-likeness (QED) is 0.755. The molecule has 1 aromatic heterocycles. The molecule has 2 rings (SSSR count). The Morgan fingerprint density at radius 3 is 2.80 bits per heavy atom. The number of aromatic hydroxyl groups is 1. The Kier molecular flexibility index (Phi) is 2.95. The van der Waals surface area contributed by atoms with Gasteiger partial charge in [-0.25, -0.2) is 0 Å². The Hall–Kier alpha value is -1.44. The van der Waals surface area contributed by atoms with E-state index in [1.165, 1.54) is 19.3 Å². The van der Waals surface area contributed by atoms with Crippen LogP contribution in [0.15, 0.2) is 30.5 Å². The molecule has 2 aromatic rings. The summed E-state index contributed by atoms with van der Waals surface area (Å²) in [5.74, 6) is 0.391. The predicted octanol–water partition coefficient (Wildman–Crippen LogP) is 3.54. The summed E-state index contributed by atoms with van der Waals surface area (Å²) in [6, 6.07) is 7.98. The van der Waals surface area contributed by atoms with Gasteiger partial charge < -0.3 is 9.67 Å². The first-order valence-corrected chi connectivity index (χ1v) is 5.59. The van der Waals surface area contributed by atoms with Gasteiger partial charge >= 0.3 is 0 Å². The number of para-hydroxylation sites is 1. The molecule has 0 fully saturated rings. The second-order valence-electron chi connectivity index (χ2n) is 3.93. The highest BCUT2D eigenvalue weighted by Gasteiger charge is 2.05. The molecule has 0 amide bonds. The lowest BCUT2D eigenvalue weighted by molar-refractivity contribution is 0.477. The lowest BCUT2D eigenvalue weighted by Gasteiger charge is -2.03. The van der Waals surface area contributed by atoms with E-state index < -0.39 is 0 Å². The van der Waals surface area contributed by atoms with Gasteiger partial charge in [0, 0.05) is 18.1 Å². The predicted molar refractivity (Wildman–Crippen MR) is 63.1 cm³/mol. The molecule has 0 spiro atoms. The zero-order chi connectivity index (χ0) is 10.7. The fraction of sp³-hybridized carbons (Fsp3) is 0.385. The molecule has 0 aliphatic heterocycles. The van der Waals surface area contributed by atoms with Gasteiger partial charge in [-0.05, 0) is 18.6 Å². The van der Waals surface area contributed by atoms with Gasteiger partial charge in [-0.2, -0.15) is 0 Å². The average molecular weight is 203 g/mol. The highest BCUT2D eigenvalue weighted by Crippen LogP contribution is 2.26. The SMILES string of the molecule is CCCCCn1cc(O)c2ccccc21. The van der Waals surface area contributed by atoms with Crippen LogP contribution < -0.4 is 0 Å². The molecule has 0 atom stereocenters. The van der Waals surface area contributed by atoms with Crippen molar-refractivity contribution in [3.63, 3.8) is 0 Å². The van der Waals surface area contributed by atoms with Gasteiger partial charge in [0.2, 0.25) is 0 Å². The van der Waals surface area contributed by atoms with E-state index in [9.17, 15) is 5.11 Å². The van der Waals surface area contributed by atoms with E-state index in [0.29, 0.717) is 5.75 Å². The van der Waals surface area contributed by atoms with Crippen LogP contribution in [-0.2, 0) is 6.54 Å². The van der Waals surface area contributed by atoms with Gasteiger partial charge in [0.25, 0.3) is 0 Å². The summed E-state index contributed by atoms with van der Waals surface area (Å²) >= 11 is 0. The van der Waals surface area contributed by atoms with Gasteiger partial charge in [0.15, 0.2) is 0 Å². The summed E-state index contributed by atoms with van der Waals surface area (Å²) < 4.78 is 2.14. The Bertz CT molecular complexity index is 445. The Morgan fingerprint density at radius 1 is 1.20 bits per heavy atom. The van der Waals surface area contributed by atoms with Crippen LogP contribution in [0.3, 0.4) is 0 Å². The number of aryl methyl sites for hydroxylation is 1. The van der Waals surface area contributed by atoms with Crippen LogP contribution in [0.2, 0.25) is 0 Å². The molecule has 80 valence electrons. The van der Waals surface area contributed by atoms with Crippen molar-refractivity contribution in [3.05, 3.63) is 30.5 Å². The highest BCUT2D eigenvalue weighted by atomic mass is 16.3. The third-order valence-electron chi connectivity index (χ3n) is 2.77. The minimum atomic E-state index is 0.391. The van der Waals surface area contributed by atoms with E-state index in [1.54, 1.807) is 0 Å². The van der Waals surface area contributed by atoms with Crippen molar-refractivity contribution in [2.24, 2.45) is 0 Å². The Morgan fingerprint density at radius 2 is 2.00 bits per heavy atom. The maximum atomic E-state index is 9.73. The number of aromatic nitrogens is 1. The lowest BCUT2D eigenvalue weighted by atomic mass is 10.2. The number of hydrogen-bond acceptors (Lipinski definition) is 1. The van der Waals surface area contributed by atoms with E-state index in [1.807, 2.05) is 24.4 Å². The average Bonchev–Trinajstić information content (AvgIpc) is 2.58. The van der Waals surface area contributed by atoms with E-state index >= 15 is 0 Å². The monoisotopic (exact) mass is 203 g/mol. The second-order valence-corrected chi connectivity index (χ2v) is 3.93. The maximum absolute atomic E-state index is 9.73. The van der Waals surface area contributed by atoms with E-state index in [4.69, 9.17) is 0 Å². The molecule has 1 heterocycles. The first-order valence-electron chi connectivity index (χ1n) is 5.59. The van der Waals surface area contributed by atoms with Crippen LogP contribution in [-0.4, -0.2) is 9.67 Å². The van der Waals surface area contributed by atoms with E-state index in [0.717, 1.165) is 17.4 Å². The van der Waals surface area contributed by atoms with Crippen LogP contribution >= 0.6 is 0 Å². The summed E-state index contributed by atoms with van der Waals surface area (Å²) in [7, 11) is 0. The van der Waals surface area contributed by atoms with Crippen LogP contribution in [0.4, 0.5) is 0 Å². The first-order chi connectivity index (χ1) is 7.33. The largest absolute Gasteiger partial charge is 0.506 e. The van der Waals surface area contributed by atoms with Crippen LogP contribution in [0.5, 0.6) is 5.75 Å². The minimum Gasteiger partial charge on any atom is -0.506 e. The number of unbranched alkanes of at least 4 members (excludes halogenated alkanes) is 2. The first kappa shape index (κ1) is 10.1. The van der Waals surface area contributed by atoms with Gasteiger partial charge in [-0.3, -0.25) is 0 Å². The normalized spacial score (nSPS) is 11.0. The maximum Gasteiger partial charge on any atom is 0.141 e. The van der Waals surface area contributed by atoms with Crippen molar-refractivity contribution in [3.8, 4) is 5.75 Å². The highest BCUT2D eigenvalue weighted by molar-refractivity contribution is 5.86. The molecule has 0 aliphatic rings. The van der Waals surface area contributed by atoms with Crippen LogP contribution in [0.1, 0.15) is 26.2 Å². The summed E-state index contributed by atoms with van der Waals surface area (Å²) in [5, 5.41) is 10.7. The summed E-state index contributed by atoms with van der Waals surface area (Å²) in [6.45, 7) is 3.19. The van der Waals surface area contributed by atoms with Crippen molar-refractivity contribution in [1.29, 1.82) is 0 Å². The minimum absolute atomic E-state index is 0.391. The standard InChI is InChI=1S/C13H17NO/c1-2-3-6-9-14-10-13(15)11-7-4-5-8-12(11)14/h4-5,7-8,10,15H,2-3,6,9H2,1H3. The van der Waals surface area contributed by atoms with Crippen LogP contribution in [0.25, 0.3) is 10.9 Å².